The van der Waals surface area contributed by atoms with E-state index in [-0.39, 0.29) is 11.5 Å². The molecule has 5 aromatic rings. The van der Waals surface area contributed by atoms with Crippen molar-refractivity contribution in [1.29, 1.82) is 0 Å². The Morgan fingerprint density at radius 3 is 2.59 bits per heavy atom. The van der Waals surface area contributed by atoms with Crippen LogP contribution in [0.3, 0.4) is 0 Å². The van der Waals surface area contributed by atoms with E-state index in [1.165, 1.54) is 13.2 Å². The summed E-state index contributed by atoms with van der Waals surface area (Å²) >= 11 is 0. The monoisotopic (exact) mass is 530 g/mol. The van der Waals surface area contributed by atoms with Gasteiger partial charge in [0.15, 0.2) is 5.69 Å². The highest BCUT2D eigenvalue weighted by Crippen LogP contribution is 2.41. The summed E-state index contributed by atoms with van der Waals surface area (Å²) in [6.07, 6.45) is 2.16. The van der Waals surface area contributed by atoms with Crippen molar-refractivity contribution >= 4 is 22.5 Å². The number of aromatic nitrogens is 5. The number of aryl methyl sites for hydroxylation is 3. The minimum absolute atomic E-state index is 0.0320. The van der Waals surface area contributed by atoms with Crippen molar-refractivity contribution in [2.75, 3.05) is 11.4 Å². The summed E-state index contributed by atoms with van der Waals surface area (Å²) < 4.78 is 44.9. The van der Waals surface area contributed by atoms with Crippen molar-refractivity contribution in [1.82, 2.24) is 24.3 Å². The lowest BCUT2D eigenvalue weighted by molar-refractivity contribution is -0.140. The topological polar surface area (TPSA) is 68.8 Å². The predicted octanol–water partition coefficient (Wildman–Crippen LogP) is 5.72. The van der Waals surface area contributed by atoms with Crippen molar-refractivity contribution in [3.8, 4) is 11.1 Å². The highest BCUT2D eigenvalue weighted by molar-refractivity contribution is 6.13. The molecule has 6 rings (SSSR count). The minimum atomic E-state index is -4.64. The molecule has 10 heteroatoms. The number of fused-ring (bicyclic) bond motifs is 2. The largest absolute Gasteiger partial charge is 0.435 e. The molecule has 0 unspecified atom stereocenters. The van der Waals surface area contributed by atoms with Gasteiger partial charge in [-0.1, -0.05) is 6.07 Å². The van der Waals surface area contributed by atoms with E-state index >= 15 is 0 Å². The third kappa shape index (κ3) is 4.35. The molecular weight excluding hydrogens is 505 g/mol. The van der Waals surface area contributed by atoms with Gasteiger partial charge in [-0.2, -0.15) is 18.3 Å². The van der Waals surface area contributed by atoms with Crippen LogP contribution in [0.1, 0.15) is 38.4 Å². The summed E-state index contributed by atoms with van der Waals surface area (Å²) in [6.45, 7) is 4.60. The number of benzene rings is 2. The Bertz CT molecular complexity index is 1740. The molecule has 7 nitrogen and oxygen atoms in total. The van der Waals surface area contributed by atoms with Crippen LogP contribution < -0.4 is 4.90 Å². The van der Waals surface area contributed by atoms with E-state index in [4.69, 9.17) is 0 Å². The first-order chi connectivity index (χ1) is 18.6. The van der Waals surface area contributed by atoms with Crippen LogP contribution in [0.4, 0.5) is 18.9 Å². The molecule has 0 radical (unpaired) electrons. The van der Waals surface area contributed by atoms with Gasteiger partial charge in [-0.25, -0.2) is 4.98 Å². The Balaban J connectivity index is 1.52. The molecule has 198 valence electrons. The van der Waals surface area contributed by atoms with Crippen LogP contribution in [-0.2, 0) is 26.2 Å². The highest BCUT2D eigenvalue weighted by Gasteiger charge is 2.39. The zero-order valence-corrected chi connectivity index (χ0v) is 21.6. The number of alkyl halides is 3. The van der Waals surface area contributed by atoms with Crippen LogP contribution in [0.25, 0.3) is 22.0 Å². The lowest BCUT2D eigenvalue weighted by Gasteiger charge is -2.31. The maximum Gasteiger partial charge on any atom is 0.435 e. The number of amides is 1. The lowest BCUT2D eigenvalue weighted by atomic mass is 9.87. The van der Waals surface area contributed by atoms with Crippen molar-refractivity contribution in [2.45, 2.75) is 33.0 Å². The number of pyridine rings is 1. The molecule has 1 aliphatic heterocycles. The predicted molar refractivity (Wildman–Crippen MR) is 142 cm³/mol. The van der Waals surface area contributed by atoms with E-state index in [2.05, 4.69) is 15.1 Å². The van der Waals surface area contributed by atoms with Crippen molar-refractivity contribution < 1.29 is 18.0 Å². The number of carbonyl (C=O) groups is 1. The first kappa shape index (κ1) is 24.8. The summed E-state index contributed by atoms with van der Waals surface area (Å²) in [6, 6.07) is 11.2. The Labute approximate surface area is 222 Å². The number of halogens is 3. The van der Waals surface area contributed by atoms with Gasteiger partial charge >= 0.3 is 6.18 Å². The summed E-state index contributed by atoms with van der Waals surface area (Å²) in [5.41, 5.74) is 4.51. The van der Waals surface area contributed by atoms with Crippen molar-refractivity contribution in [3.05, 3.63) is 95.0 Å². The van der Waals surface area contributed by atoms with Gasteiger partial charge in [0.2, 0.25) is 0 Å². The molecule has 39 heavy (non-hydrogen) atoms. The number of hydrogen-bond donors (Lipinski definition) is 0. The number of anilines is 1. The molecule has 0 bridgehead atoms. The van der Waals surface area contributed by atoms with Gasteiger partial charge in [0.05, 0.1) is 17.5 Å². The molecule has 3 aromatic heterocycles. The second-order valence-electron chi connectivity index (χ2n) is 9.91. The standard InChI is InChI=1S/C29H25F3N6O/c1-17-11-23-25(34-18(17)2)5-4-6-26(23)38-9-7-20-21(24-15-36(3)35-27(24)29(30,31)32)12-19(13-22(20)28(38)39)14-37-10-8-33-16-37/h4-6,8,10-13,15-16H,7,9,14H2,1-3H3. The Morgan fingerprint density at radius 2 is 1.85 bits per heavy atom. The molecule has 4 heterocycles. The maximum absolute atomic E-state index is 14.1. The molecule has 0 spiro atoms. The SMILES string of the molecule is Cc1cc2c(N3CCc4c(cc(Cn5ccnc5)cc4-c4cn(C)nc4C(F)(F)F)C3=O)cccc2nc1C. The van der Waals surface area contributed by atoms with E-state index in [0.29, 0.717) is 41.8 Å². The van der Waals surface area contributed by atoms with E-state index in [9.17, 15) is 18.0 Å². The fourth-order valence-corrected chi connectivity index (χ4v) is 5.32. The lowest BCUT2D eigenvalue weighted by Crippen LogP contribution is -2.38. The average Bonchev–Trinajstić information content (AvgIpc) is 3.54. The minimum Gasteiger partial charge on any atom is -0.333 e. The van der Waals surface area contributed by atoms with Gasteiger partial charge in [0, 0.05) is 60.9 Å². The number of carbonyl (C=O) groups excluding carboxylic acids is 1. The average molecular weight is 531 g/mol. The number of hydrogen-bond acceptors (Lipinski definition) is 4. The molecule has 0 saturated carbocycles. The summed E-state index contributed by atoms with van der Waals surface area (Å²) in [5, 5.41) is 4.58. The quantitative estimate of drug-likeness (QED) is 0.298. The number of rotatable bonds is 4. The fraction of sp³-hybridized carbons (Fsp3) is 0.241. The fourth-order valence-electron chi connectivity index (χ4n) is 5.32. The summed E-state index contributed by atoms with van der Waals surface area (Å²) in [5.74, 6) is -0.256. The van der Waals surface area contributed by atoms with Gasteiger partial charge < -0.3 is 9.47 Å². The Hall–Kier alpha value is -4.47. The first-order valence-corrected chi connectivity index (χ1v) is 12.5. The second-order valence-corrected chi connectivity index (χ2v) is 9.91. The molecule has 0 saturated heterocycles. The smallest absolute Gasteiger partial charge is 0.333 e. The number of imidazole rings is 1. The molecular formula is C29H25F3N6O. The maximum atomic E-state index is 14.1. The Morgan fingerprint density at radius 1 is 1.05 bits per heavy atom. The zero-order chi connectivity index (χ0) is 27.5. The van der Waals surface area contributed by atoms with Crippen molar-refractivity contribution in [3.63, 3.8) is 0 Å². The summed E-state index contributed by atoms with van der Waals surface area (Å²) in [4.78, 5) is 24.5. The summed E-state index contributed by atoms with van der Waals surface area (Å²) in [7, 11) is 1.46. The van der Waals surface area contributed by atoms with Crippen LogP contribution in [-0.4, -0.2) is 36.8 Å². The molecule has 0 aliphatic carbocycles. The molecule has 0 fully saturated rings. The third-order valence-corrected chi connectivity index (χ3v) is 7.25. The van der Waals surface area contributed by atoms with Crippen LogP contribution in [0.2, 0.25) is 0 Å². The van der Waals surface area contributed by atoms with E-state index in [1.54, 1.807) is 35.8 Å². The van der Waals surface area contributed by atoms with Crippen LogP contribution in [0, 0.1) is 13.8 Å². The molecule has 1 aliphatic rings. The van der Waals surface area contributed by atoms with Gasteiger partial charge in [-0.15, -0.1) is 0 Å². The van der Waals surface area contributed by atoms with Crippen LogP contribution in [0.15, 0.2) is 61.3 Å². The third-order valence-electron chi connectivity index (χ3n) is 7.25. The molecule has 2 aromatic carbocycles. The van der Waals surface area contributed by atoms with Gasteiger partial charge in [-0.05, 0) is 72.9 Å². The highest BCUT2D eigenvalue weighted by atomic mass is 19.4. The molecule has 0 N–H and O–H groups in total. The van der Waals surface area contributed by atoms with E-state index in [1.807, 2.05) is 42.7 Å². The normalized spacial score (nSPS) is 13.8. The zero-order valence-electron chi connectivity index (χ0n) is 21.6. The molecule has 1 amide bonds. The molecule has 0 atom stereocenters. The van der Waals surface area contributed by atoms with Crippen LogP contribution in [0.5, 0.6) is 0 Å². The number of nitrogens with zero attached hydrogens (tertiary/aromatic N) is 6. The Kier molecular flexibility index (Phi) is 5.78. The second kappa shape index (κ2) is 9.07. The van der Waals surface area contributed by atoms with Crippen molar-refractivity contribution in [2.24, 2.45) is 7.05 Å². The van der Waals surface area contributed by atoms with Crippen LogP contribution >= 0.6 is 0 Å². The van der Waals surface area contributed by atoms with Gasteiger partial charge in [0.1, 0.15) is 0 Å². The first-order valence-electron chi connectivity index (χ1n) is 12.5. The van der Waals surface area contributed by atoms with Gasteiger partial charge in [0.25, 0.3) is 5.91 Å². The van der Waals surface area contributed by atoms with E-state index < -0.39 is 11.9 Å². The van der Waals surface area contributed by atoms with Gasteiger partial charge in [-0.3, -0.25) is 14.5 Å². The van der Waals surface area contributed by atoms with E-state index in [0.717, 1.165) is 32.5 Å².